The molecule has 1 unspecified atom stereocenters. The van der Waals surface area contributed by atoms with Crippen molar-refractivity contribution in [1.29, 1.82) is 0 Å². The van der Waals surface area contributed by atoms with Gasteiger partial charge in [-0.3, -0.25) is 4.79 Å². The molecule has 0 spiro atoms. The Morgan fingerprint density at radius 2 is 2.09 bits per heavy atom. The van der Waals surface area contributed by atoms with Crippen LogP contribution in [0, 0.1) is 5.92 Å². The van der Waals surface area contributed by atoms with E-state index in [4.69, 9.17) is 0 Å². The number of amides is 3. The van der Waals surface area contributed by atoms with Crippen molar-refractivity contribution in [2.24, 2.45) is 5.92 Å². The fraction of sp³-hybridized carbons (Fsp3) is 0.882. The molecule has 2 saturated heterocycles. The van der Waals surface area contributed by atoms with Crippen molar-refractivity contribution < 1.29 is 9.59 Å². The Kier molecular flexibility index (Phi) is 7.00. The SMILES string of the molecule is CCC1CCCN(C(=O)NCCCN2CCCCCC2=O)C1. The highest BCUT2D eigenvalue weighted by atomic mass is 16.2. The maximum Gasteiger partial charge on any atom is 0.317 e. The van der Waals surface area contributed by atoms with Crippen LogP contribution in [0.15, 0.2) is 0 Å². The zero-order chi connectivity index (χ0) is 15.8. The molecule has 0 aromatic heterocycles. The Labute approximate surface area is 134 Å². The van der Waals surface area contributed by atoms with Crippen LogP contribution in [-0.2, 0) is 4.79 Å². The summed E-state index contributed by atoms with van der Waals surface area (Å²) in [6, 6.07) is 0.0698. The lowest BCUT2D eigenvalue weighted by Crippen LogP contribution is -2.46. The van der Waals surface area contributed by atoms with Gasteiger partial charge >= 0.3 is 6.03 Å². The van der Waals surface area contributed by atoms with Crippen molar-refractivity contribution in [3.8, 4) is 0 Å². The number of carbonyl (C=O) groups is 2. The zero-order valence-corrected chi connectivity index (χ0v) is 14.0. The summed E-state index contributed by atoms with van der Waals surface area (Å²) in [4.78, 5) is 28.0. The van der Waals surface area contributed by atoms with Gasteiger partial charge in [-0.25, -0.2) is 4.79 Å². The van der Waals surface area contributed by atoms with Gasteiger partial charge in [0.2, 0.25) is 5.91 Å². The first-order chi connectivity index (χ1) is 10.7. The van der Waals surface area contributed by atoms with E-state index in [1.54, 1.807) is 0 Å². The van der Waals surface area contributed by atoms with Crippen LogP contribution in [0.4, 0.5) is 4.79 Å². The van der Waals surface area contributed by atoms with E-state index < -0.39 is 0 Å². The molecule has 126 valence electrons. The first-order valence-corrected chi connectivity index (χ1v) is 9.01. The summed E-state index contributed by atoms with van der Waals surface area (Å²) in [5.74, 6) is 0.944. The average molecular weight is 309 g/mol. The van der Waals surface area contributed by atoms with E-state index >= 15 is 0 Å². The van der Waals surface area contributed by atoms with Gasteiger partial charge in [-0.2, -0.15) is 0 Å². The number of urea groups is 1. The molecule has 0 bridgehead atoms. The lowest BCUT2D eigenvalue weighted by Gasteiger charge is -2.32. The molecule has 0 saturated carbocycles. The van der Waals surface area contributed by atoms with E-state index in [0.717, 1.165) is 64.7 Å². The molecule has 0 aromatic carbocycles. The number of piperidine rings is 1. The van der Waals surface area contributed by atoms with Crippen molar-refractivity contribution in [3.63, 3.8) is 0 Å². The molecule has 22 heavy (non-hydrogen) atoms. The van der Waals surface area contributed by atoms with Gasteiger partial charge in [0.15, 0.2) is 0 Å². The van der Waals surface area contributed by atoms with Crippen LogP contribution in [0.25, 0.3) is 0 Å². The minimum Gasteiger partial charge on any atom is -0.343 e. The predicted molar refractivity (Wildman–Crippen MR) is 87.7 cm³/mol. The Bertz CT molecular complexity index is 373. The summed E-state index contributed by atoms with van der Waals surface area (Å²) in [7, 11) is 0. The van der Waals surface area contributed by atoms with Gasteiger partial charge < -0.3 is 15.1 Å². The van der Waals surface area contributed by atoms with Gasteiger partial charge in [0, 0.05) is 39.1 Å². The molecule has 5 nitrogen and oxygen atoms in total. The average Bonchev–Trinajstić information content (AvgIpc) is 2.76. The number of hydrogen-bond donors (Lipinski definition) is 1. The smallest absolute Gasteiger partial charge is 0.317 e. The molecular weight excluding hydrogens is 278 g/mol. The molecule has 5 heteroatoms. The number of nitrogens with zero attached hydrogens (tertiary/aromatic N) is 2. The van der Waals surface area contributed by atoms with Crippen molar-refractivity contribution in [2.45, 2.75) is 58.3 Å². The maximum atomic E-state index is 12.2. The van der Waals surface area contributed by atoms with Crippen molar-refractivity contribution in [3.05, 3.63) is 0 Å². The summed E-state index contributed by atoms with van der Waals surface area (Å²) in [5, 5.41) is 3.02. The highest BCUT2D eigenvalue weighted by Crippen LogP contribution is 2.19. The van der Waals surface area contributed by atoms with Gasteiger partial charge in [0.25, 0.3) is 0 Å². The normalized spacial score (nSPS) is 23.3. The highest BCUT2D eigenvalue weighted by molar-refractivity contribution is 5.76. The molecule has 2 rings (SSSR count). The zero-order valence-electron chi connectivity index (χ0n) is 14.0. The van der Waals surface area contributed by atoms with Gasteiger partial charge in [0.05, 0.1) is 0 Å². The lowest BCUT2D eigenvalue weighted by atomic mass is 9.96. The van der Waals surface area contributed by atoms with Crippen LogP contribution in [0.2, 0.25) is 0 Å². The Hall–Kier alpha value is -1.26. The van der Waals surface area contributed by atoms with Crippen molar-refractivity contribution >= 4 is 11.9 Å². The van der Waals surface area contributed by atoms with Gasteiger partial charge in [-0.15, -0.1) is 0 Å². The fourth-order valence-electron chi connectivity index (χ4n) is 3.43. The Balaban J connectivity index is 1.63. The molecule has 1 atom stereocenters. The lowest BCUT2D eigenvalue weighted by molar-refractivity contribution is -0.130. The second-order valence-corrected chi connectivity index (χ2v) is 6.64. The molecule has 2 heterocycles. The number of rotatable bonds is 5. The van der Waals surface area contributed by atoms with Crippen molar-refractivity contribution in [2.75, 3.05) is 32.7 Å². The Morgan fingerprint density at radius 3 is 2.91 bits per heavy atom. The van der Waals surface area contributed by atoms with Crippen LogP contribution in [0.5, 0.6) is 0 Å². The monoisotopic (exact) mass is 309 g/mol. The molecule has 2 aliphatic rings. The second kappa shape index (κ2) is 9.01. The summed E-state index contributed by atoms with van der Waals surface area (Å²) >= 11 is 0. The summed E-state index contributed by atoms with van der Waals surface area (Å²) in [6.07, 6.45) is 8.36. The van der Waals surface area contributed by atoms with E-state index in [-0.39, 0.29) is 11.9 Å². The molecule has 0 aliphatic carbocycles. The molecule has 0 aromatic rings. The third kappa shape index (κ3) is 5.18. The third-order valence-corrected chi connectivity index (χ3v) is 4.94. The molecule has 2 aliphatic heterocycles. The van der Waals surface area contributed by atoms with Crippen molar-refractivity contribution in [1.82, 2.24) is 15.1 Å². The minimum absolute atomic E-state index is 0.0698. The number of likely N-dealkylation sites (tertiary alicyclic amines) is 2. The molecule has 0 radical (unpaired) electrons. The first-order valence-electron chi connectivity index (χ1n) is 9.01. The summed E-state index contributed by atoms with van der Waals surface area (Å²) < 4.78 is 0. The van der Waals surface area contributed by atoms with E-state index in [0.29, 0.717) is 18.9 Å². The van der Waals surface area contributed by atoms with E-state index in [1.165, 1.54) is 6.42 Å². The first kappa shape index (κ1) is 17.1. The van der Waals surface area contributed by atoms with Crippen LogP contribution in [0.3, 0.4) is 0 Å². The second-order valence-electron chi connectivity index (χ2n) is 6.64. The Morgan fingerprint density at radius 1 is 1.23 bits per heavy atom. The maximum absolute atomic E-state index is 12.2. The summed E-state index contributed by atoms with van der Waals surface area (Å²) in [5.41, 5.74) is 0. The third-order valence-electron chi connectivity index (χ3n) is 4.94. The predicted octanol–water partition coefficient (Wildman–Crippen LogP) is 2.61. The standard InChI is InChI=1S/C17H31N3O2/c1-2-15-8-6-12-20(14-15)17(22)18-10-7-13-19-11-5-3-4-9-16(19)21/h15H,2-14H2,1H3,(H,18,22). The van der Waals surface area contributed by atoms with Crippen LogP contribution < -0.4 is 5.32 Å². The van der Waals surface area contributed by atoms with Gasteiger partial charge in [-0.1, -0.05) is 19.8 Å². The van der Waals surface area contributed by atoms with Crippen LogP contribution in [-0.4, -0.2) is 54.5 Å². The van der Waals surface area contributed by atoms with Gasteiger partial charge in [-0.05, 0) is 38.0 Å². The summed E-state index contributed by atoms with van der Waals surface area (Å²) in [6.45, 7) is 6.30. The number of carbonyl (C=O) groups excluding carboxylic acids is 2. The van der Waals surface area contributed by atoms with Crippen LogP contribution in [0.1, 0.15) is 58.3 Å². The highest BCUT2D eigenvalue weighted by Gasteiger charge is 2.22. The molecule has 3 amide bonds. The molecular formula is C17H31N3O2. The fourth-order valence-corrected chi connectivity index (χ4v) is 3.43. The van der Waals surface area contributed by atoms with Crippen LogP contribution >= 0.6 is 0 Å². The quantitative estimate of drug-likeness (QED) is 0.794. The van der Waals surface area contributed by atoms with E-state index in [2.05, 4.69) is 12.2 Å². The molecule has 2 fully saturated rings. The number of nitrogens with one attached hydrogen (secondary N) is 1. The van der Waals surface area contributed by atoms with Gasteiger partial charge in [0.1, 0.15) is 0 Å². The molecule has 1 N–H and O–H groups in total. The van der Waals surface area contributed by atoms with E-state index in [1.807, 2.05) is 9.80 Å². The minimum atomic E-state index is 0.0698. The number of hydrogen-bond acceptors (Lipinski definition) is 2. The largest absolute Gasteiger partial charge is 0.343 e. The van der Waals surface area contributed by atoms with E-state index in [9.17, 15) is 9.59 Å². The topological polar surface area (TPSA) is 52.7 Å².